The van der Waals surface area contributed by atoms with E-state index in [-0.39, 0.29) is 5.92 Å². The number of ether oxygens (including phenoxy) is 1. The van der Waals surface area contributed by atoms with Crippen LogP contribution in [0, 0.1) is 6.92 Å². The highest BCUT2D eigenvalue weighted by Crippen LogP contribution is 2.43. The number of aromatic nitrogens is 6. The summed E-state index contributed by atoms with van der Waals surface area (Å²) in [5, 5.41) is 24.3. The molecule has 0 bridgehead atoms. The van der Waals surface area contributed by atoms with E-state index in [2.05, 4.69) is 47.7 Å². The van der Waals surface area contributed by atoms with Gasteiger partial charge in [-0.2, -0.15) is 0 Å². The SMILES string of the molecule is COC(=O)c1c(C(C)CC(C)(C)O)nc(C)n1-c1ccc(-c2ccccc2-c2nnnn2C(c2ccccc2)(c2ccccc2)c2ccccc2)cc1. The fraction of sp³-hybridized carbons (Fsp3) is 0.205. The molecule has 0 aliphatic carbocycles. The van der Waals surface area contributed by atoms with Crippen LogP contribution in [0.15, 0.2) is 140 Å². The molecule has 0 radical (unpaired) electrons. The third-order valence-electron chi connectivity index (χ3n) is 9.69. The molecule has 9 nitrogen and oxygen atoms in total. The van der Waals surface area contributed by atoms with E-state index >= 15 is 0 Å². The molecule has 0 aliphatic rings. The van der Waals surface area contributed by atoms with Crippen molar-refractivity contribution in [1.82, 2.24) is 29.8 Å². The van der Waals surface area contributed by atoms with E-state index in [1.807, 2.05) is 120 Å². The van der Waals surface area contributed by atoms with Crippen molar-refractivity contribution in [3.05, 3.63) is 173 Å². The van der Waals surface area contributed by atoms with Crippen LogP contribution in [-0.4, -0.2) is 53.5 Å². The average molecular weight is 703 g/mol. The number of aliphatic hydroxyl groups is 1. The van der Waals surface area contributed by atoms with E-state index in [9.17, 15) is 9.90 Å². The van der Waals surface area contributed by atoms with Gasteiger partial charge in [-0.15, -0.1) is 5.10 Å². The number of rotatable bonds is 11. The van der Waals surface area contributed by atoms with Gasteiger partial charge >= 0.3 is 5.97 Å². The maximum atomic E-state index is 13.2. The predicted molar refractivity (Wildman–Crippen MR) is 206 cm³/mol. The van der Waals surface area contributed by atoms with Crippen molar-refractivity contribution in [2.45, 2.75) is 51.2 Å². The zero-order valence-corrected chi connectivity index (χ0v) is 30.5. The van der Waals surface area contributed by atoms with Gasteiger partial charge in [0, 0.05) is 17.2 Å². The van der Waals surface area contributed by atoms with Crippen molar-refractivity contribution in [1.29, 1.82) is 0 Å². The molecule has 9 heteroatoms. The summed E-state index contributed by atoms with van der Waals surface area (Å²) in [5.74, 6) is 0.582. The van der Waals surface area contributed by atoms with E-state index in [0.29, 0.717) is 29.5 Å². The summed E-state index contributed by atoms with van der Waals surface area (Å²) in [6.45, 7) is 7.34. The lowest BCUT2D eigenvalue weighted by atomic mass is 9.77. The van der Waals surface area contributed by atoms with E-state index < -0.39 is 17.1 Å². The number of hydrogen-bond acceptors (Lipinski definition) is 7. The van der Waals surface area contributed by atoms with Crippen molar-refractivity contribution in [2.24, 2.45) is 0 Å². The highest BCUT2D eigenvalue weighted by molar-refractivity contribution is 5.90. The van der Waals surface area contributed by atoms with Gasteiger partial charge in [-0.3, -0.25) is 4.57 Å². The van der Waals surface area contributed by atoms with Crippen LogP contribution in [0.2, 0.25) is 0 Å². The number of carbonyl (C=O) groups is 1. The van der Waals surface area contributed by atoms with E-state index in [1.165, 1.54) is 7.11 Å². The molecule has 5 aromatic carbocycles. The van der Waals surface area contributed by atoms with Crippen molar-refractivity contribution in [3.63, 3.8) is 0 Å². The Bertz CT molecular complexity index is 2230. The van der Waals surface area contributed by atoms with E-state index in [0.717, 1.165) is 39.1 Å². The fourth-order valence-corrected chi connectivity index (χ4v) is 7.56. The highest BCUT2D eigenvalue weighted by Gasteiger charge is 2.42. The number of imidazole rings is 1. The second-order valence-electron chi connectivity index (χ2n) is 14.0. The Morgan fingerprint density at radius 2 is 1.26 bits per heavy atom. The number of esters is 1. The van der Waals surface area contributed by atoms with Gasteiger partial charge in [-0.05, 0) is 77.6 Å². The largest absolute Gasteiger partial charge is 0.464 e. The lowest BCUT2D eigenvalue weighted by Gasteiger charge is -2.36. The molecule has 0 saturated carbocycles. The molecule has 53 heavy (non-hydrogen) atoms. The number of hydrogen-bond donors (Lipinski definition) is 1. The Morgan fingerprint density at radius 3 is 1.77 bits per heavy atom. The van der Waals surface area contributed by atoms with Crippen LogP contribution in [0.3, 0.4) is 0 Å². The summed E-state index contributed by atoms with van der Waals surface area (Å²) in [6, 6.07) is 47.1. The Balaban J connectivity index is 1.37. The molecule has 7 rings (SSSR count). The minimum Gasteiger partial charge on any atom is -0.464 e. The third-order valence-corrected chi connectivity index (χ3v) is 9.69. The van der Waals surface area contributed by atoms with Crippen molar-refractivity contribution < 1.29 is 14.6 Å². The monoisotopic (exact) mass is 702 g/mol. The molecule has 2 aromatic heterocycles. The van der Waals surface area contributed by atoms with Gasteiger partial charge in [0.1, 0.15) is 11.4 Å². The van der Waals surface area contributed by atoms with Crippen LogP contribution in [0.4, 0.5) is 0 Å². The second-order valence-corrected chi connectivity index (χ2v) is 14.0. The summed E-state index contributed by atoms with van der Waals surface area (Å²) in [4.78, 5) is 18.0. The molecule has 0 fully saturated rings. The minimum absolute atomic E-state index is 0.184. The second kappa shape index (κ2) is 14.4. The maximum absolute atomic E-state index is 13.2. The number of aryl methyl sites for hydroxylation is 1. The molecular formula is C44H42N6O3. The quantitative estimate of drug-likeness (QED) is 0.107. The Kier molecular flexibility index (Phi) is 9.60. The number of tetrazole rings is 1. The first kappa shape index (κ1) is 35.2. The molecule has 0 amide bonds. The van der Waals surface area contributed by atoms with E-state index in [1.54, 1.807) is 13.8 Å². The van der Waals surface area contributed by atoms with Gasteiger partial charge in [0.15, 0.2) is 11.5 Å². The number of carbonyl (C=O) groups excluding carboxylic acids is 1. The smallest absolute Gasteiger partial charge is 0.357 e. The van der Waals surface area contributed by atoms with Gasteiger partial charge < -0.3 is 9.84 Å². The molecule has 0 saturated heterocycles. The first-order chi connectivity index (χ1) is 25.6. The molecule has 0 spiro atoms. The number of methoxy groups -OCH3 is 1. The number of nitrogens with zero attached hydrogens (tertiary/aromatic N) is 6. The molecule has 0 aliphatic heterocycles. The molecule has 2 heterocycles. The minimum atomic E-state index is -0.928. The Labute approximate surface area is 309 Å². The normalized spacial score (nSPS) is 12.4. The summed E-state index contributed by atoms with van der Waals surface area (Å²) in [5.41, 5.74) is 5.66. The van der Waals surface area contributed by atoms with Crippen LogP contribution < -0.4 is 0 Å². The molecule has 266 valence electrons. The highest BCUT2D eigenvalue weighted by atomic mass is 16.5. The molecular weight excluding hydrogens is 661 g/mol. The molecule has 7 aromatic rings. The summed E-state index contributed by atoms with van der Waals surface area (Å²) in [7, 11) is 1.37. The van der Waals surface area contributed by atoms with Crippen molar-refractivity contribution in [3.8, 4) is 28.2 Å². The van der Waals surface area contributed by atoms with Crippen LogP contribution in [0.5, 0.6) is 0 Å². The number of benzene rings is 5. The maximum Gasteiger partial charge on any atom is 0.357 e. The van der Waals surface area contributed by atoms with Crippen LogP contribution >= 0.6 is 0 Å². The molecule has 1 unspecified atom stereocenters. The zero-order valence-electron chi connectivity index (χ0n) is 30.5. The van der Waals surface area contributed by atoms with Crippen LogP contribution in [-0.2, 0) is 10.3 Å². The zero-order chi connectivity index (χ0) is 37.2. The van der Waals surface area contributed by atoms with Crippen LogP contribution in [0.25, 0.3) is 28.2 Å². The molecule has 1 atom stereocenters. The summed E-state index contributed by atoms with van der Waals surface area (Å²) < 4.78 is 9.00. The molecule has 1 N–H and O–H groups in total. The first-order valence-electron chi connectivity index (χ1n) is 17.7. The Morgan fingerprint density at radius 1 is 0.755 bits per heavy atom. The van der Waals surface area contributed by atoms with Crippen molar-refractivity contribution >= 4 is 5.97 Å². The third kappa shape index (κ3) is 6.56. The van der Waals surface area contributed by atoms with Crippen LogP contribution in [0.1, 0.15) is 71.8 Å². The summed E-state index contributed by atoms with van der Waals surface area (Å²) in [6.07, 6.45) is 0.433. The first-order valence-corrected chi connectivity index (χ1v) is 17.7. The summed E-state index contributed by atoms with van der Waals surface area (Å²) >= 11 is 0. The van der Waals surface area contributed by atoms with Crippen molar-refractivity contribution in [2.75, 3.05) is 7.11 Å². The lowest BCUT2D eigenvalue weighted by Crippen LogP contribution is -2.39. The fourth-order valence-electron chi connectivity index (χ4n) is 7.56. The Hall–Kier alpha value is -6.19. The van der Waals surface area contributed by atoms with Gasteiger partial charge in [-0.25, -0.2) is 14.5 Å². The van der Waals surface area contributed by atoms with Gasteiger partial charge in [0.2, 0.25) is 0 Å². The van der Waals surface area contributed by atoms with Gasteiger partial charge in [0.25, 0.3) is 0 Å². The topological polar surface area (TPSA) is 108 Å². The van der Waals surface area contributed by atoms with Gasteiger partial charge in [-0.1, -0.05) is 134 Å². The lowest BCUT2D eigenvalue weighted by molar-refractivity contribution is 0.0570. The standard InChI is InChI=1S/C44H42N6O3/c1-30(29-43(3,4)52)39-40(42(51)53-5)49(31(2)45-39)36-27-25-32(26-28-36)37-23-15-16-24-38(37)41-46-47-48-50(41)44(33-17-9-6-10-18-33,34-19-11-7-12-20-34)35-21-13-8-14-22-35/h6-28,30,52H,29H2,1-5H3. The predicted octanol–water partition coefficient (Wildman–Crippen LogP) is 8.39. The van der Waals surface area contributed by atoms with E-state index in [4.69, 9.17) is 20.0 Å². The average Bonchev–Trinajstić information content (AvgIpc) is 3.81. The van der Waals surface area contributed by atoms with Gasteiger partial charge in [0.05, 0.1) is 18.4 Å².